The number of carbonyl (C=O) groups excluding carboxylic acids is 2. The average Bonchev–Trinajstić information content (AvgIpc) is 2.88. The molecular weight excluding hydrogens is 412 g/mol. The van der Waals surface area contributed by atoms with Crippen LogP contribution in [0.2, 0.25) is 5.02 Å². The van der Waals surface area contributed by atoms with Crippen LogP contribution >= 0.6 is 11.6 Å². The molecule has 0 spiro atoms. The minimum absolute atomic E-state index is 0.0108. The van der Waals surface area contributed by atoms with Gasteiger partial charge in [-0.15, -0.1) is 0 Å². The lowest BCUT2D eigenvalue weighted by Gasteiger charge is -2.16. The molecule has 0 radical (unpaired) electrons. The van der Waals surface area contributed by atoms with Gasteiger partial charge in [-0.3, -0.25) is 9.59 Å². The topological polar surface area (TPSA) is 141 Å². The van der Waals surface area contributed by atoms with Crippen LogP contribution < -0.4 is 9.62 Å². The highest BCUT2D eigenvalue weighted by Gasteiger charge is 2.36. The predicted molar refractivity (Wildman–Crippen MR) is 100 cm³/mol. The summed E-state index contributed by atoms with van der Waals surface area (Å²) >= 11 is 6.03. The number of hydrogen-bond donors (Lipinski definition) is 3. The van der Waals surface area contributed by atoms with Crippen LogP contribution in [-0.2, 0) is 14.8 Å². The zero-order valence-corrected chi connectivity index (χ0v) is 15.6. The van der Waals surface area contributed by atoms with Gasteiger partial charge in [-0.2, -0.15) is 0 Å². The molecule has 1 heterocycles. The van der Waals surface area contributed by atoms with Crippen LogP contribution in [0.1, 0.15) is 27.1 Å². The highest BCUT2D eigenvalue weighted by molar-refractivity contribution is 7.94. The number of aromatic carboxylic acids is 1. The number of carboxylic acids is 1. The Hall–Kier alpha value is -3.11. The monoisotopic (exact) mass is 424 g/mol. The van der Waals surface area contributed by atoms with Gasteiger partial charge in [-0.05, 0) is 30.3 Å². The number of nitrogens with zero attached hydrogens (tertiary/aromatic N) is 1. The van der Waals surface area contributed by atoms with Gasteiger partial charge in [-0.1, -0.05) is 11.6 Å². The quantitative estimate of drug-likeness (QED) is 0.682. The zero-order valence-electron chi connectivity index (χ0n) is 14.0. The van der Waals surface area contributed by atoms with Crippen molar-refractivity contribution >= 4 is 50.8 Å². The molecular formula is C17H13ClN2O7S. The van der Waals surface area contributed by atoms with Crippen LogP contribution in [0.3, 0.4) is 0 Å². The lowest BCUT2D eigenvalue weighted by Crippen LogP contribution is -2.29. The number of phenols is 1. The predicted octanol–water partition coefficient (Wildman–Crippen LogP) is 2.06. The van der Waals surface area contributed by atoms with Crippen molar-refractivity contribution in [3.63, 3.8) is 0 Å². The smallest absolute Gasteiger partial charge is 0.339 e. The molecule has 0 aromatic heterocycles. The van der Waals surface area contributed by atoms with E-state index in [-0.39, 0.29) is 39.7 Å². The SMILES string of the molecule is O=C(O)c1ccc(NC(=O)c2cc(N3C(=O)CCS3(=O)=O)ccc2Cl)cc1O. The molecule has 0 atom stereocenters. The summed E-state index contributed by atoms with van der Waals surface area (Å²) in [5.41, 5.74) is -0.355. The molecule has 146 valence electrons. The van der Waals surface area contributed by atoms with Gasteiger partial charge in [-0.25, -0.2) is 17.5 Å². The number of carbonyl (C=O) groups is 3. The molecule has 28 heavy (non-hydrogen) atoms. The molecule has 3 N–H and O–H groups in total. The van der Waals surface area contributed by atoms with E-state index in [4.69, 9.17) is 16.7 Å². The van der Waals surface area contributed by atoms with Crippen molar-refractivity contribution in [2.75, 3.05) is 15.4 Å². The second-order valence-corrected chi connectivity index (χ2v) is 8.22. The van der Waals surface area contributed by atoms with Gasteiger partial charge >= 0.3 is 5.97 Å². The van der Waals surface area contributed by atoms with E-state index in [9.17, 15) is 27.9 Å². The fourth-order valence-electron chi connectivity index (χ4n) is 2.67. The summed E-state index contributed by atoms with van der Waals surface area (Å²) in [6.07, 6.45) is -0.151. The molecule has 3 rings (SSSR count). The first kappa shape index (κ1) is 19.6. The molecule has 2 aromatic rings. The number of carboxylic acid groups (broad SMARTS) is 1. The first-order chi connectivity index (χ1) is 13.1. The van der Waals surface area contributed by atoms with Crippen LogP contribution in [-0.4, -0.2) is 42.2 Å². The van der Waals surface area contributed by atoms with E-state index in [1.165, 1.54) is 24.3 Å². The van der Waals surface area contributed by atoms with Crippen LogP contribution in [0.25, 0.3) is 0 Å². The van der Waals surface area contributed by atoms with Crippen molar-refractivity contribution in [1.29, 1.82) is 0 Å². The van der Waals surface area contributed by atoms with Crippen LogP contribution in [0.4, 0.5) is 11.4 Å². The summed E-state index contributed by atoms with van der Waals surface area (Å²) < 4.78 is 24.7. The number of nitrogens with one attached hydrogen (secondary N) is 1. The van der Waals surface area contributed by atoms with Crippen molar-refractivity contribution in [3.8, 4) is 5.75 Å². The van der Waals surface area contributed by atoms with E-state index < -0.39 is 33.6 Å². The molecule has 1 saturated heterocycles. The lowest BCUT2D eigenvalue weighted by atomic mass is 10.1. The summed E-state index contributed by atoms with van der Waals surface area (Å²) in [5, 5.41) is 21.0. The van der Waals surface area contributed by atoms with Gasteiger partial charge in [0.1, 0.15) is 11.3 Å². The van der Waals surface area contributed by atoms with Gasteiger partial charge in [0.25, 0.3) is 5.91 Å². The average molecular weight is 425 g/mol. The largest absolute Gasteiger partial charge is 0.507 e. The second kappa shape index (κ2) is 7.13. The Morgan fingerprint density at radius 3 is 2.39 bits per heavy atom. The third-order valence-electron chi connectivity index (χ3n) is 3.99. The summed E-state index contributed by atoms with van der Waals surface area (Å²) in [6.45, 7) is 0. The Bertz CT molecular complexity index is 1110. The number of benzene rings is 2. The molecule has 0 saturated carbocycles. The van der Waals surface area contributed by atoms with Crippen molar-refractivity contribution in [1.82, 2.24) is 0 Å². The summed E-state index contributed by atoms with van der Waals surface area (Å²) in [5.74, 6) is -3.53. The number of hydrogen-bond acceptors (Lipinski definition) is 6. The van der Waals surface area contributed by atoms with E-state index in [0.29, 0.717) is 4.31 Å². The fraction of sp³-hybridized carbons (Fsp3) is 0.118. The third-order valence-corrected chi connectivity index (χ3v) is 6.01. The Morgan fingerprint density at radius 1 is 1.11 bits per heavy atom. The molecule has 9 nitrogen and oxygen atoms in total. The van der Waals surface area contributed by atoms with Gasteiger partial charge in [0.2, 0.25) is 15.9 Å². The van der Waals surface area contributed by atoms with Crippen molar-refractivity contribution < 1.29 is 33.0 Å². The maximum absolute atomic E-state index is 12.5. The highest BCUT2D eigenvalue weighted by atomic mass is 35.5. The maximum Gasteiger partial charge on any atom is 0.339 e. The van der Waals surface area contributed by atoms with E-state index in [1.807, 2.05) is 0 Å². The molecule has 2 amide bonds. The Balaban J connectivity index is 1.91. The summed E-state index contributed by atoms with van der Waals surface area (Å²) in [6, 6.07) is 7.21. The van der Waals surface area contributed by atoms with Gasteiger partial charge in [0, 0.05) is 18.2 Å². The maximum atomic E-state index is 12.5. The van der Waals surface area contributed by atoms with Crippen LogP contribution in [0, 0.1) is 0 Å². The van der Waals surface area contributed by atoms with E-state index >= 15 is 0 Å². The number of rotatable bonds is 4. The molecule has 1 aliphatic rings. The number of amides is 2. The Kier molecular flexibility index (Phi) is 5.01. The van der Waals surface area contributed by atoms with Crippen LogP contribution in [0.5, 0.6) is 5.75 Å². The number of aromatic hydroxyl groups is 1. The van der Waals surface area contributed by atoms with Crippen molar-refractivity contribution in [2.24, 2.45) is 0 Å². The zero-order chi connectivity index (χ0) is 20.6. The van der Waals surface area contributed by atoms with Crippen molar-refractivity contribution in [2.45, 2.75) is 6.42 Å². The van der Waals surface area contributed by atoms with Crippen LogP contribution in [0.15, 0.2) is 36.4 Å². The van der Waals surface area contributed by atoms with Gasteiger partial charge in [0.15, 0.2) is 0 Å². The molecule has 1 fully saturated rings. The number of sulfonamides is 1. The molecule has 11 heteroatoms. The minimum atomic E-state index is -3.80. The van der Waals surface area contributed by atoms with Gasteiger partial charge in [0.05, 0.1) is 22.0 Å². The van der Waals surface area contributed by atoms with Crippen molar-refractivity contribution in [3.05, 3.63) is 52.5 Å². The first-order valence-corrected chi connectivity index (χ1v) is 9.82. The molecule has 0 aliphatic carbocycles. The van der Waals surface area contributed by atoms with Gasteiger partial charge < -0.3 is 15.5 Å². The molecule has 1 aliphatic heterocycles. The number of anilines is 2. The Morgan fingerprint density at radius 2 is 1.82 bits per heavy atom. The highest BCUT2D eigenvalue weighted by Crippen LogP contribution is 2.30. The normalized spacial score (nSPS) is 15.5. The Labute approximate surface area is 164 Å². The van der Waals surface area contributed by atoms with E-state index in [2.05, 4.69) is 5.32 Å². The standard InChI is InChI=1S/C17H13ClN2O7S/c18-13-4-2-10(20-15(22)5-6-28(20,26)27)8-12(13)16(23)19-9-1-3-11(17(24)25)14(21)7-9/h1-4,7-8,21H,5-6H2,(H,19,23)(H,24,25). The second-order valence-electron chi connectivity index (χ2n) is 5.88. The van der Waals surface area contributed by atoms with E-state index in [1.54, 1.807) is 0 Å². The fourth-order valence-corrected chi connectivity index (χ4v) is 4.33. The third kappa shape index (κ3) is 3.64. The summed E-state index contributed by atoms with van der Waals surface area (Å²) in [4.78, 5) is 35.4. The lowest BCUT2D eigenvalue weighted by molar-refractivity contribution is -0.116. The number of halogens is 1. The molecule has 2 aromatic carbocycles. The summed E-state index contributed by atoms with van der Waals surface area (Å²) in [7, 11) is -3.80. The van der Waals surface area contributed by atoms with E-state index in [0.717, 1.165) is 12.1 Å². The minimum Gasteiger partial charge on any atom is -0.507 e. The molecule has 0 unspecified atom stereocenters. The molecule has 0 bridgehead atoms. The first-order valence-electron chi connectivity index (χ1n) is 7.83.